The molecular weight excluding hydrogens is 404 g/mol. The zero-order chi connectivity index (χ0) is 23.3. The number of aliphatic hydroxyl groups is 1. The number of aryl methyl sites for hydroxylation is 1. The van der Waals surface area contributed by atoms with Gasteiger partial charge in [0.15, 0.2) is 0 Å². The third kappa shape index (κ3) is 5.02. The van der Waals surface area contributed by atoms with E-state index in [0.717, 1.165) is 29.7 Å². The summed E-state index contributed by atoms with van der Waals surface area (Å²) < 4.78 is 5.81. The fourth-order valence-electron chi connectivity index (χ4n) is 3.84. The summed E-state index contributed by atoms with van der Waals surface area (Å²) in [6, 6.07) is 14.1. The van der Waals surface area contributed by atoms with Crippen LogP contribution in [0.4, 0.5) is 0 Å². The summed E-state index contributed by atoms with van der Waals surface area (Å²) >= 11 is 0. The van der Waals surface area contributed by atoms with Crippen molar-refractivity contribution in [1.82, 2.24) is 9.80 Å². The highest BCUT2D eigenvalue weighted by atomic mass is 16.5. The molecule has 0 spiro atoms. The van der Waals surface area contributed by atoms with E-state index < -0.39 is 17.7 Å². The van der Waals surface area contributed by atoms with E-state index in [1.807, 2.05) is 56.3 Å². The first kappa shape index (κ1) is 23.5. The lowest BCUT2D eigenvalue weighted by Gasteiger charge is -2.26. The molecule has 1 aliphatic heterocycles. The molecule has 0 radical (unpaired) electrons. The van der Waals surface area contributed by atoms with E-state index in [2.05, 4.69) is 6.92 Å². The quantitative estimate of drug-likeness (QED) is 0.277. The van der Waals surface area contributed by atoms with E-state index in [9.17, 15) is 14.7 Å². The molecule has 32 heavy (non-hydrogen) atoms. The number of ketones is 1. The Labute approximate surface area is 190 Å². The minimum absolute atomic E-state index is 0.124. The predicted octanol–water partition coefficient (Wildman–Crippen LogP) is 4.16. The Hall–Kier alpha value is -3.12. The molecule has 0 aliphatic carbocycles. The molecular formula is C26H32N2O4. The summed E-state index contributed by atoms with van der Waals surface area (Å²) in [5, 5.41) is 11.2. The molecule has 0 saturated carbocycles. The van der Waals surface area contributed by atoms with Crippen LogP contribution in [0.1, 0.15) is 42.5 Å². The number of hydrogen-bond acceptors (Lipinski definition) is 5. The summed E-state index contributed by atoms with van der Waals surface area (Å²) in [5.74, 6) is -0.650. The summed E-state index contributed by atoms with van der Waals surface area (Å²) in [5.41, 5.74) is 2.28. The van der Waals surface area contributed by atoms with Gasteiger partial charge in [-0.15, -0.1) is 0 Å². The van der Waals surface area contributed by atoms with Crippen LogP contribution < -0.4 is 4.74 Å². The number of likely N-dealkylation sites (tertiary alicyclic amines) is 1. The van der Waals surface area contributed by atoms with Gasteiger partial charge in [-0.3, -0.25) is 9.59 Å². The molecule has 6 heteroatoms. The van der Waals surface area contributed by atoms with Crippen molar-refractivity contribution >= 4 is 17.4 Å². The van der Waals surface area contributed by atoms with Crippen LogP contribution >= 0.6 is 0 Å². The number of nitrogens with zero attached hydrogens (tertiary/aromatic N) is 2. The lowest BCUT2D eigenvalue weighted by molar-refractivity contribution is -0.140. The van der Waals surface area contributed by atoms with Crippen LogP contribution in [0.5, 0.6) is 5.75 Å². The molecule has 170 valence electrons. The average Bonchev–Trinajstić information content (AvgIpc) is 3.03. The zero-order valence-electron chi connectivity index (χ0n) is 19.3. The van der Waals surface area contributed by atoms with Crippen molar-refractivity contribution in [2.75, 3.05) is 33.8 Å². The molecule has 0 bridgehead atoms. The molecule has 6 nitrogen and oxygen atoms in total. The number of Topliss-reactive ketones (excluding diaryl/α,β-unsaturated/α-hetero) is 1. The third-order valence-electron chi connectivity index (χ3n) is 5.65. The van der Waals surface area contributed by atoms with Crippen LogP contribution in [0.15, 0.2) is 54.1 Å². The van der Waals surface area contributed by atoms with Crippen molar-refractivity contribution in [2.24, 2.45) is 0 Å². The summed E-state index contributed by atoms with van der Waals surface area (Å²) in [7, 11) is 3.84. The van der Waals surface area contributed by atoms with Crippen LogP contribution in [0.25, 0.3) is 5.76 Å². The summed E-state index contributed by atoms with van der Waals surface area (Å²) in [6.45, 7) is 5.64. The Morgan fingerprint density at radius 1 is 1.12 bits per heavy atom. The zero-order valence-corrected chi connectivity index (χ0v) is 19.3. The van der Waals surface area contributed by atoms with Crippen molar-refractivity contribution in [3.05, 3.63) is 70.8 Å². The second kappa shape index (κ2) is 10.5. The Morgan fingerprint density at radius 2 is 1.84 bits per heavy atom. The fraction of sp³-hybridized carbons (Fsp3) is 0.385. The molecule has 3 rings (SSSR count). The van der Waals surface area contributed by atoms with Gasteiger partial charge in [0.25, 0.3) is 11.7 Å². The molecule has 0 aromatic heterocycles. The van der Waals surface area contributed by atoms with Gasteiger partial charge in [0.05, 0.1) is 18.2 Å². The maximum absolute atomic E-state index is 13.0. The molecule has 1 amide bonds. The number of aliphatic hydroxyl groups excluding tert-OH is 1. The van der Waals surface area contributed by atoms with Crippen LogP contribution in [-0.4, -0.2) is 60.4 Å². The Balaban J connectivity index is 2.03. The Bertz CT molecular complexity index is 998. The predicted molar refractivity (Wildman–Crippen MR) is 126 cm³/mol. The molecule has 2 aromatic carbocycles. The first-order chi connectivity index (χ1) is 15.3. The molecule has 1 fully saturated rings. The molecule has 1 atom stereocenters. The average molecular weight is 437 g/mol. The van der Waals surface area contributed by atoms with Crippen molar-refractivity contribution in [1.29, 1.82) is 0 Å². The van der Waals surface area contributed by atoms with Crippen LogP contribution in [-0.2, 0) is 9.59 Å². The number of unbranched alkanes of at least 4 members (excludes halogenated alkanes) is 1. The molecule has 1 heterocycles. The maximum Gasteiger partial charge on any atom is 0.295 e. The van der Waals surface area contributed by atoms with Gasteiger partial charge in [-0.2, -0.15) is 0 Å². The van der Waals surface area contributed by atoms with Crippen molar-refractivity contribution in [3.8, 4) is 5.75 Å². The maximum atomic E-state index is 13.0. The van der Waals surface area contributed by atoms with Gasteiger partial charge in [0.2, 0.25) is 0 Å². The number of likely N-dealkylation sites (N-methyl/N-ethyl adjacent to an activating group) is 1. The number of rotatable bonds is 9. The second-order valence-corrected chi connectivity index (χ2v) is 8.39. The normalized spacial score (nSPS) is 17.9. The molecule has 1 N–H and O–H groups in total. The number of amides is 1. The van der Waals surface area contributed by atoms with E-state index in [-0.39, 0.29) is 11.3 Å². The van der Waals surface area contributed by atoms with E-state index in [1.165, 1.54) is 0 Å². The number of ether oxygens (including phenoxy) is 1. The number of carbonyl (C=O) groups is 2. The van der Waals surface area contributed by atoms with Gasteiger partial charge in [0.1, 0.15) is 11.5 Å². The minimum Gasteiger partial charge on any atom is -0.507 e. The Kier molecular flexibility index (Phi) is 7.70. The van der Waals surface area contributed by atoms with Gasteiger partial charge in [-0.25, -0.2) is 0 Å². The highest BCUT2D eigenvalue weighted by molar-refractivity contribution is 6.46. The first-order valence-corrected chi connectivity index (χ1v) is 11.1. The topological polar surface area (TPSA) is 70.1 Å². The number of hydrogen-bond donors (Lipinski definition) is 1. The number of benzene rings is 2. The van der Waals surface area contributed by atoms with Crippen molar-refractivity contribution in [3.63, 3.8) is 0 Å². The SMILES string of the molecule is CCCCOc1ccc(/C(O)=C2/C(=O)C(=O)N(CCN(C)C)C2c2ccccc2)cc1C. The van der Waals surface area contributed by atoms with Gasteiger partial charge in [-0.05, 0) is 56.8 Å². The smallest absolute Gasteiger partial charge is 0.295 e. The first-order valence-electron chi connectivity index (χ1n) is 11.1. The van der Waals surface area contributed by atoms with Gasteiger partial charge < -0.3 is 19.6 Å². The Morgan fingerprint density at radius 3 is 2.47 bits per heavy atom. The van der Waals surface area contributed by atoms with Crippen LogP contribution in [0, 0.1) is 6.92 Å². The highest BCUT2D eigenvalue weighted by Crippen LogP contribution is 2.39. The molecule has 2 aromatic rings. The van der Waals surface area contributed by atoms with Crippen molar-refractivity contribution in [2.45, 2.75) is 32.7 Å². The van der Waals surface area contributed by atoms with Crippen LogP contribution in [0.3, 0.4) is 0 Å². The van der Waals surface area contributed by atoms with E-state index in [0.29, 0.717) is 25.3 Å². The van der Waals surface area contributed by atoms with E-state index in [1.54, 1.807) is 23.1 Å². The van der Waals surface area contributed by atoms with Gasteiger partial charge in [-0.1, -0.05) is 43.7 Å². The monoisotopic (exact) mass is 436 g/mol. The summed E-state index contributed by atoms with van der Waals surface area (Å²) in [4.78, 5) is 29.5. The van der Waals surface area contributed by atoms with Crippen LogP contribution in [0.2, 0.25) is 0 Å². The van der Waals surface area contributed by atoms with E-state index in [4.69, 9.17) is 4.74 Å². The lowest BCUT2D eigenvalue weighted by Crippen LogP contribution is -2.35. The number of carbonyl (C=O) groups excluding carboxylic acids is 2. The molecule has 1 unspecified atom stereocenters. The van der Waals surface area contributed by atoms with E-state index >= 15 is 0 Å². The molecule has 1 saturated heterocycles. The van der Waals surface area contributed by atoms with Gasteiger partial charge >= 0.3 is 0 Å². The van der Waals surface area contributed by atoms with Crippen molar-refractivity contribution < 1.29 is 19.4 Å². The molecule has 1 aliphatic rings. The highest BCUT2D eigenvalue weighted by Gasteiger charge is 2.45. The fourth-order valence-corrected chi connectivity index (χ4v) is 3.84. The summed E-state index contributed by atoms with van der Waals surface area (Å²) in [6.07, 6.45) is 2.01. The second-order valence-electron chi connectivity index (χ2n) is 8.39. The van der Waals surface area contributed by atoms with Gasteiger partial charge in [0, 0.05) is 18.7 Å². The minimum atomic E-state index is -0.656. The largest absolute Gasteiger partial charge is 0.507 e. The third-order valence-corrected chi connectivity index (χ3v) is 5.65. The lowest BCUT2D eigenvalue weighted by atomic mass is 9.95. The standard InChI is InChI=1S/C26H32N2O4/c1-5-6-16-32-21-13-12-20(17-18(21)2)24(29)22-23(19-10-8-7-9-11-19)28(15-14-27(3)4)26(31)25(22)30/h7-13,17,23,29H,5-6,14-16H2,1-4H3/b24-22-.